The molecule has 2 atom stereocenters. The van der Waals surface area contributed by atoms with Gasteiger partial charge in [-0.1, -0.05) is 5.21 Å². The number of rotatable bonds is 3. The molecule has 2 heterocycles. The van der Waals surface area contributed by atoms with Gasteiger partial charge in [0.25, 0.3) is 0 Å². The van der Waals surface area contributed by atoms with Gasteiger partial charge in [0.05, 0.1) is 18.3 Å². The number of nitrogens with zero attached hydrogens (tertiary/aromatic N) is 4. The van der Waals surface area contributed by atoms with Crippen molar-refractivity contribution in [3.05, 3.63) is 12.4 Å². The summed E-state index contributed by atoms with van der Waals surface area (Å²) in [6, 6.07) is -0.156. The highest BCUT2D eigenvalue weighted by molar-refractivity contribution is 5.76. The summed E-state index contributed by atoms with van der Waals surface area (Å²) >= 11 is 0. The van der Waals surface area contributed by atoms with Gasteiger partial charge in [0.2, 0.25) is 5.91 Å². The summed E-state index contributed by atoms with van der Waals surface area (Å²) in [4.78, 5) is 13.4. The van der Waals surface area contributed by atoms with Crippen LogP contribution in [0, 0.1) is 0 Å². The molecule has 1 aromatic rings. The number of amides is 1. The van der Waals surface area contributed by atoms with Gasteiger partial charge in [-0.3, -0.25) is 4.79 Å². The van der Waals surface area contributed by atoms with Gasteiger partial charge in [-0.2, -0.15) is 0 Å². The third-order valence-electron chi connectivity index (χ3n) is 2.81. The molecule has 2 rings (SSSR count). The van der Waals surface area contributed by atoms with Crippen LogP contribution < -0.4 is 5.32 Å². The van der Waals surface area contributed by atoms with Crippen LogP contribution in [0.4, 0.5) is 0 Å². The van der Waals surface area contributed by atoms with Gasteiger partial charge in [0, 0.05) is 26.3 Å². The summed E-state index contributed by atoms with van der Waals surface area (Å²) in [5, 5.41) is 20.0. The number of likely N-dealkylation sites (N-methyl/N-ethyl adjacent to an activating group) is 1. The molecule has 0 aliphatic carbocycles. The number of aromatic nitrogens is 3. The molecule has 0 radical (unpaired) electrons. The van der Waals surface area contributed by atoms with Gasteiger partial charge in [0.1, 0.15) is 6.54 Å². The molecule has 1 aliphatic heterocycles. The lowest BCUT2D eigenvalue weighted by Gasteiger charge is -2.26. The van der Waals surface area contributed by atoms with Crippen molar-refractivity contribution < 1.29 is 9.90 Å². The molecular formula is C9H15N5O2. The van der Waals surface area contributed by atoms with Crippen molar-refractivity contribution in [2.45, 2.75) is 18.7 Å². The van der Waals surface area contributed by atoms with Crippen molar-refractivity contribution in [2.75, 3.05) is 20.1 Å². The first kappa shape index (κ1) is 11.0. The number of β-amino-alcohol motifs (C(OH)–C–C–N with tert-alkyl or cyclic N) is 1. The van der Waals surface area contributed by atoms with E-state index in [-0.39, 0.29) is 18.5 Å². The Morgan fingerprint density at radius 2 is 2.50 bits per heavy atom. The van der Waals surface area contributed by atoms with E-state index in [0.717, 1.165) is 0 Å². The maximum atomic E-state index is 11.8. The summed E-state index contributed by atoms with van der Waals surface area (Å²) in [6.07, 6.45) is 2.67. The van der Waals surface area contributed by atoms with Gasteiger partial charge >= 0.3 is 0 Å². The standard InChI is InChI=1S/C9H15N5O2/c1-13(7-4-10-5-8(7)15)9(16)6-14-3-2-11-12-14/h2-3,7-8,10,15H,4-6H2,1H3/t7-,8-/m0/s1. The molecule has 0 aromatic carbocycles. The number of carbonyl (C=O) groups is 1. The van der Waals surface area contributed by atoms with E-state index < -0.39 is 6.10 Å². The number of nitrogens with one attached hydrogen (secondary N) is 1. The molecule has 1 saturated heterocycles. The first-order valence-corrected chi connectivity index (χ1v) is 5.17. The van der Waals surface area contributed by atoms with E-state index in [2.05, 4.69) is 15.6 Å². The molecule has 1 fully saturated rings. The summed E-state index contributed by atoms with van der Waals surface area (Å²) in [7, 11) is 1.69. The van der Waals surface area contributed by atoms with Crippen LogP contribution in [0.15, 0.2) is 12.4 Å². The van der Waals surface area contributed by atoms with E-state index in [1.54, 1.807) is 18.1 Å². The minimum atomic E-state index is -0.496. The second kappa shape index (κ2) is 4.58. The van der Waals surface area contributed by atoms with E-state index in [1.807, 2.05) is 0 Å². The van der Waals surface area contributed by atoms with Gasteiger partial charge in [-0.15, -0.1) is 5.10 Å². The largest absolute Gasteiger partial charge is 0.390 e. The molecule has 2 N–H and O–H groups in total. The predicted octanol–water partition coefficient (Wildman–Crippen LogP) is -1.93. The minimum absolute atomic E-state index is 0.0850. The van der Waals surface area contributed by atoms with Crippen LogP contribution in [0.2, 0.25) is 0 Å². The van der Waals surface area contributed by atoms with Crippen LogP contribution >= 0.6 is 0 Å². The number of carbonyl (C=O) groups excluding carboxylic acids is 1. The highest BCUT2D eigenvalue weighted by Crippen LogP contribution is 2.07. The van der Waals surface area contributed by atoms with Gasteiger partial charge in [-0.05, 0) is 0 Å². The summed E-state index contributed by atoms with van der Waals surface area (Å²) < 4.78 is 1.47. The fourth-order valence-electron chi connectivity index (χ4n) is 1.80. The molecule has 7 heteroatoms. The van der Waals surface area contributed by atoms with Gasteiger partial charge in [0.15, 0.2) is 0 Å². The van der Waals surface area contributed by atoms with E-state index in [1.165, 1.54) is 10.9 Å². The zero-order chi connectivity index (χ0) is 11.5. The second-order valence-corrected chi connectivity index (χ2v) is 3.90. The van der Waals surface area contributed by atoms with Crippen molar-refractivity contribution in [1.29, 1.82) is 0 Å². The highest BCUT2D eigenvalue weighted by Gasteiger charge is 2.31. The molecule has 0 unspecified atom stereocenters. The first-order chi connectivity index (χ1) is 7.68. The van der Waals surface area contributed by atoms with Crippen LogP contribution in [0.3, 0.4) is 0 Å². The Morgan fingerprint density at radius 3 is 3.06 bits per heavy atom. The lowest BCUT2D eigenvalue weighted by atomic mass is 10.2. The molecular weight excluding hydrogens is 210 g/mol. The number of hydrogen-bond donors (Lipinski definition) is 2. The number of aliphatic hydroxyl groups excluding tert-OH is 1. The lowest BCUT2D eigenvalue weighted by molar-refractivity contribution is -0.134. The smallest absolute Gasteiger partial charge is 0.244 e. The SMILES string of the molecule is CN(C(=O)Cn1ccnn1)[C@H]1CNC[C@@H]1O. The van der Waals surface area contributed by atoms with Crippen LogP contribution in [0.25, 0.3) is 0 Å². The first-order valence-electron chi connectivity index (χ1n) is 5.17. The Labute approximate surface area is 93.0 Å². The monoisotopic (exact) mass is 225 g/mol. The minimum Gasteiger partial charge on any atom is -0.390 e. The number of aliphatic hydroxyl groups is 1. The van der Waals surface area contributed by atoms with Gasteiger partial charge in [-0.25, -0.2) is 4.68 Å². The zero-order valence-corrected chi connectivity index (χ0v) is 9.08. The topological polar surface area (TPSA) is 83.3 Å². The summed E-state index contributed by atoms with van der Waals surface area (Å²) in [6.45, 7) is 1.31. The van der Waals surface area contributed by atoms with E-state index in [4.69, 9.17) is 0 Å². The predicted molar refractivity (Wildman–Crippen MR) is 55.5 cm³/mol. The summed E-state index contributed by atoms with van der Waals surface area (Å²) in [5.41, 5.74) is 0. The molecule has 0 saturated carbocycles. The fourth-order valence-corrected chi connectivity index (χ4v) is 1.80. The molecule has 88 valence electrons. The third-order valence-corrected chi connectivity index (χ3v) is 2.81. The van der Waals surface area contributed by atoms with E-state index in [9.17, 15) is 9.90 Å². The van der Waals surface area contributed by atoms with Crippen molar-refractivity contribution in [3.8, 4) is 0 Å². The molecule has 1 aromatic heterocycles. The molecule has 0 bridgehead atoms. The average molecular weight is 225 g/mol. The Kier molecular flexibility index (Phi) is 3.16. The van der Waals surface area contributed by atoms with Crippen molar-refractivity contribution >= 4 is 5.91 Å². The van der Waals surface area contributed by atoms with Crippen LogP contribution in [0.1, 0.15) is 0 Å². The Hall–Kier alpha value is -1.47. The van der Waals surface area contributed by atoms with E-state index in [0.29, 0.717) is 13.1 Å². The zero-order valence-electron chi connectivity index (χ0n) is 9.08. The van der Waals surface area contributed by atoms with E-state index >= 15 is 0 Å². The number of hydrogen-bond acceptors (Lipinski definition) is 5. The molecule has 1 aliphatic rings. The second-order valence-electron chi connectivity index (χ2n) is 3.90. The maximum Gasteiger partial charge on any atom is 0.244 e. The quantitative estimate of drug-likeness (QED) is 0.626. The van der Waals surface area contributed by atoms with Crippen LogP contribution in [-0.4, -0.2) is 63.2 Å². The Balaban J connectivity index is 1.94. The Bertz CT molecular complexity index is 353. The Morgan fingerprint density at radius 1 is 1.69 bits per heavy atom. The normalized spacial score (nSPS) is 24.6. The molecule has 0 spiro atoms. The van der Waals surface area contributed by atoms with Crippen molar-refractivity contribution in [1.82, 2.24) is 25.2 Å². The van der Waals surface area contributed by atoms with Crippen LogP contribution in [-0.2, 0) is 11.3 Å². The maximum absolute atomic E-state index is 11.8. The lowest BCUT2D eigenvalue weighted by Crippen LogP contribution is -2.45. The highest BCUT2D eigenvalue weighted by atomic mass is 16.3. The molecule has 1 amide bonds. The molecule has 16 heavy (non-hydrogen) atoms. The van der Waals surface area contributed by atoms with Crippen molar-refractivity contribution in [2.24, 2.45) is 0 Å². The fraction of sp³-hybridized carbons (Fsp3) is 0.667. The average Bonchev–Trinajstić information content (AvgIpc) is 2.88. The van der Waals surface area contributed by atoms with Crippen molar-refractivity contribution in [3.63, 3.8) is 0 Å². The summed E-state index contributed by atoms with van der Waals surface area (Å²) in [5.74, 6) is -0.0850. The van der Waals surface area contributed by atoms with Crippen LogP contribution in [0.5, 0.6) is 0 Å². The molecule has 7 nitrogen and oxygen atoms in total. The third kappa shape index (κ3) is 2.20. The van der Waals surface area contributed by atoms with Gasteiger partial charge < -0.3 is 15.3 Å².